The number of sulfonamides is 1. The molecule has 20 heavy (non-hydrogen) atoms. The second-order valence-corrected chi connectivity index (χ2v) is 6.97. The van der Waals surface area contributed by atoms with E-state index in [0.29, 0.717) is 31.6 Å². The third-order valence-corrected chi connectivity index (χ3v) is 5.71. The third kappa shape index (κ3) is 2.79. The van der Waals surface area contributed by atoms with Crippen molar-refractivity contribution in [1.29, 1.82) is 0 Å². The van der Waals surface area contributed by atoms with Crippen molar-refractivity contribution in [3.8, 4) is 0 Å². The molecule has 1 aromatic carbocycles. The number of anilines is 1. The summed E-state index contributed by atoms with van der Waals surface area (Å²) in [6.07, 6.45) is 1.32. The fourth-order valence-electron chi connectivity index (χ4n) is 2.35. The molecule has 0 saturated carbocycles. The molecule has 0 unspecified atom stereocenters. The van der Waals surface area contributed by atoms with Gasteiger partial charge in [0, 0.05) is 26.3 Å². The van der Waals surface area contributed by atoms with Crippen LogP contribution in [0.25, 0.3) is 0 Å². The third-order valence-electron chi connectivity index (χ3n) is 3.66. The van der Waals surface area contributed by atoms with E-state index in [4.69, 9.17) is 10.5 Å². The lowest BCUT2D eigenvalue weighted by atomic mass is 10.1. The first-order valence-electron chi connectivity index (χ1n) is 6.45. The van der Waals surface area contributed by atoms with E-state index in [-0.39, 0.29) is 16.6 Å². The molecule has 1 aromatic rings. The Morgan fingerprint density at radius 2 is 1.95 bits per heavy atom. The summed E-state index contributed by atoms with van der Waals surface area (Å²) in [5.74, 6) is -0.602. The molecule has 1 aliphatic rings. The minimum absolute atomic E-state index is 0.0605. The molecule has 2 rings (SSSR count). The Morgan fingerprint density at radius 3 is 2.55 bits per heavy atom. The summed E-state index contributed by atoms with van der Waals surface area (Å²) in [6.45, 7) is 2.66. The lowest BCUT2D eigenvalue weighted by Gasteiger charge is -2.30. The van der Waals surface area contributed by atoms with Crippen LogP contribution in [0, 0.1) is 12.7 Å². The number of ether oxygens (including phenoxy) is 1. The Hall–Kier alpha value is -1.18. The summed E-state index contributed by atoms with van der Waals surface area (Å²) in [5, 5.41) is 0. The second kappa shape index (κ2) is 5.67. The van der Waals surface area contributed by atoms with Crippen LogP contribution in [-0.4, -0.2) is 39.0 Å². The van der Waals surface area contributed by atoms with Crippen LogP contribution in [0.3, 0.4) is 0 Å². The van der Waals surface area contributed by atoms with Gasteiger partial charge in [-0.05, 0) is 37.5 Å². The van der Waals surface area contributed by atoms with Crippen molar-refractivity contribution in [3.63, 3.8) is 0 Å². The minimum Gasteiger partial charge on any atom is -0.396 e. The molecule has 0 radical (unpaired) electrons. The van der Waals surface area contributed by atoms with Gasteiger partial charge in [0.25, 0.3) is 0 Å². The van der Waals surface area contributed by atoms with Crippen molar-refractivity contribution in [3.05, 3.63) is 23.5 Å². The lowest BCUT2D eigenvalue weighted by molar-refractivity contribution is 0.0632. The van der Waals surface area contributed by atoms with Gasteiger partial charge in [0.05, 0.1) is 10.6 Å². The van der Waals surface area contributed by atoms with E-state index in [1.165, 1.54) is 10.4 Å². The summed E-state index contributed by atoms with van der Waals surface area (Å²) in [4.78, 5) is 0.0605. The number of hydrogen-bond acceptors (Lipinski definition) is 4. The van der Waals surface area contributed by atoms with Gasteiger partial charge >= 0.3 is 0 Å². The SMILES string of the molecule is Cc1cc(F)c(N)cc1S(=O)(=O)N(C)C1CCOCC1. The predicted octanol–water partition coefficient (Wildman–Crippen LogP) is 1.52. The standard InChI is InChI=1S/C13H19FN2O3S/c1-9-7-11(14)12(15)8-13(9)20(17,18)16(2)10-3-5-19-6-4-10/h7-8,10H,3-6,15H2,1-2H3. The highest BCUT2D eigenvalue weighted by Gasteiger charge is 2.30. The number of rotatable bonds is 3. The molecule has 112 valence electrons. The van der Waals surface area contributed by atoms with E-state index in [9.17, 15) is 12.8 Å². The molecule has 0 aromatic heterocycles. The molecule has 0 bridgehead atoms. The molecule has 2 N–H and O–H groups in total. The van der Waals surface area contributed by atoms with Gasteiger partial charge in [0.15, 0.2) is 0 Å². The monoisotopic (exact) mass is 302 g/mol. The van der Waals surface area contributed by atoms with Crippen LogP contribution in [0.2, 0.25) is 0 Å². The van der Waals surface area contributed by atoms with Gasteiger partial charge < -0.3 is 10.5 Å². The first-order valence-corrected chi connectivity index (χ1v) is 7.89. The molecular weight excluding hydrogens is 283 g/mol. The van der Waals surface area contributed by atoms with Crippen molar-refractivity contribution in [2.45, 2.75) is 30.7 Å². The molecule has 0 atom stereocenters. The maximum atomic E-state index is 13.4. The molecule has 1 fully saturated rings. The van der Waals surface area contributed by atoms with Gasteiger partial charge in [-0.3, -0.25) is 0 Å². The van der Waals surface area contributed by atoms with Crippen LogP contribution in [0.4, 0.5) is 10.1 Å². The van der Waals surface area contributed by atoms with Gasteiger partial charge in [-0.15, -0.1) is 0 Å². The fourth-order valence-corrected chi connectivity index (χ4v) is 4.00. The number of nitrogens with zero attached hydrogens (tertiary/aromatic N) is 1. The second-order valence-electron chi connectivity index (χ2n) is 5.00. The highest BCUT2D eigenvalue weighted by molar-refractivity contribution is 7.89. The largest absolute Gasteiger partial charge is 0.396 e. The van der Waals surface area contributed by atoms with Crippen LogP contribution in [-0.2, 0) is 14.8 Å². The first-order chi connectivity index (χ1) is 9.34. The Morgan fingerprint density at radius 1 is 1.35 bits per heavy atom. The molecule has 0 amide bonds. The Balaban J connectivity index is 2.36. The molecule has 1 aliphatic heterocycles. The average molecular weight is 302 g/mol. The molecular formula is C13H19FN2O3S. The maximum Gasteiger partial charge on any atom is 0.243 e. The topological polar surface area (TPSA) is 72.6 Å². The van der Waals surface area contributed by atoms with E-state index in [0.717, 1.165) is 6.07 Å². The van der Waals surface area contributed by atoms with Gasteiger partial charge in [0.2, 0.25) is 10.0 Å². The van der Waals surface area contributed by atoms with E-state index in [1.54, 1.807) is 14.0 Å². The summed E-state index contributed by atoms with van der Waals surface area (Å²) < 4.78 is 45.2. The number of aryl methyl sites for hydroxylation is 1. The van der Waals surface area contributed by atoms with E-state index >= 15 is 0 Å². The van der Waals surface area contributed by atoms with Crippen LogP contribution >= 0.6 is 0 Å². The Labute approximate surface area is 118 Å². The summed E-state index contributed by atoms with van der Waals surface area (Å²) in [5.41, 5.74) is 5.69. The smallest absolute Gasteiger partial charge is 0.243 e. The Kier molecular flexibility index (Phi) is 4.31. The predicted molar refractivity (Wildman–Crippen MR) is 74.3 cm³/mol. The number of nitrogens with two attached hydrogens (primary N) is 1. The maximum absolute atomic E-state index is 13.4. The van der Waals surface area contributed by atoms with E-state index in [1.807, 2.05) is 0 Å². The van der Waals surface area contributed by atoms with Crippen molar-refractivity contribution in [1.82, 2.24) is 4.31 Å². The van der Waals surface area contributed by atoms with Crippen LogP contribution in [0.1, 0.15) is 18.4 Å². The molecule has 1 saturated heterocycles. The quantitative estimate of drug-likeness (QED) is 0.859. The van der Waals surface area contributed by atoms with Crippen molar-refractivity contribution >= 4 is 15.7 Å². The van der Waals surface area contributed by atoms with Gasteiger partial charge in [-0.1, -0.05) is 0 Å². The summed E-state index contributed by atoms with van der Waals surface area (Å²) >= 11 is 0. The zero-order chi connectivity index (χ0) is 14.9. The first kappa shape index (κ1) is 15.2. The molecule has 0 spiro atoms. The van der Waals surface area contributed by atoms with Crippen molar-refractivity contribution in [2.75, 3.05) is 26.0 Å². The zero-order valence-electron chi connectivity index (χ0n) is 11.6. The highest BCUT2D eigenvalue weighted by atomic mass is 32.2. The number of nitrogen functional groups attached to an aromatic ring is 1. The minimum atomic E-state index is -3.68. The van der Waals surface area contributed by atoms with Gasteiger partial charge in [-0.25, -0.2) is 12.8 Å². The molecule has 5 nitrogen and oxygen atoms in total. The average Bonchev–Trinajstić information content (AvgIpc) is 2.42. The Bertz CT molecular complexity index is 598. The lowest BCUT2D eigenvalue weighted by Crippen LogP contribution is -2.40. The number of hydrogen-bond donors (Lipinski definition) is 1. The van der Waals surface area contributed by atoms with Gasteiger partial charge in [0.1, 0.15) is 5.82 Å². The summed E-state index contributed by atoms with van der Waals surface area (Å²) in [7, 11) is -2.13. The van der Waals surface area contributed by atoms with Gasteiger partial charge in [-0.2, -0.15) is 4.31 Å². The van der Waals surface area contributed by atoms with Crippen LogP contribution in [0.5, 0.6) is 0 Å². The van der Waals surface area contributed by atoms with E-state index < -0.39 is 15.8 Å². The van der Waals surface area contributed by atoms with Crippen molar-refractivity contribution < 1.29 is 17.5 Å². The number of benzene rings is 1. The summed E-state index contributed by atoms with van der Waals surface area (Å²) in [6, 6.07) is 2.25. The zero-order valence-corrected chi connectivity index (χ0v) is 12.4. The van der Waals surface area contributed by atoms with Crippen LogP contribution in [0.15, 0.2) is 17.0 Å². The van der Waals surface area contributed by atoms with E-state index in [2.05, 4.69) is 0 Å². The molecule has 0 aliphatic carbocycles. The van der Waals surface area contributed by atoms with Crippen molar-refractivity contribution in [2.24, 2.45) is 0 Å². The fraction of sp³-hybridized carbons (Fsp3) is 0.538. The number of halogens is 1. The highest BCUT2D eigenvalue weighted by Crippen LogP contribution is 2.27. The molecule has 7 heteroatoms. The van der Waals surface area contributed by atoms with Crippen LogP contribution < -0.4 is 5.73 Å². The molecule has 1 heterocycles. The normalized spacial score (nSPS) is 17.6.